The average Bonchev–Trinajstić information content (AvgIpc) is 3.16. The lowest BCUT2D eigenvalue weighted by Gasteiger charge is -2.10. The smallest absolute Gasteiger partial charge is 0.428 e. The van der Waals surface area contributed by atoms with Crippen LogP contribution in [-0.4, -0.2) is 31.8 Å². The first-order valence-electron chi connectivity index (χ1n) is 10.9. The van der Waals surface area contributed by atoms with Crippen molar-refractivity contribution in [2.24, 2.45) is 0 Å². The summed E-state index contributed by atoms with van der Waals surface area (Å²) in [6.07, 6.45) is 0. The van der Waals surface area contributed by atoms with Gasteiger partial charge in [0.05, 0.1) is 18.4 Å². The van der Waals surface area contributed by atoms with Crippen LogP contribution in [0.3, 0.4) is 0 Å². The average molecular weight is 473 g/mol. The lowest BCUT2D eigenvalue weighted by molar-refractivity contribution is -0.516. The van der Waals surface area contributed by atoms with Crippen LogP contribution in [0, 0.1) is 19.7 Å². The van der Waals surface area contributed by atoms with E-state index in [1.165, 1.54) is 28.3 Å². The molecule has 0 radical (unpaired) electrons. The van der Waals surface area contributed by atoms with Gasteiger partial charge in [-0.15, -0.1) is 9.38 Å². The second-order valence-electron chi connectivity index (χ2n) is 8.16. The summed E-state index contributed by atoms with van der Waals surface area (Å²) in [5.41, 5.74) is 11.5. The van der Waals surface area contributed by atoms with Gasteiger partial charge in [0.1, 0.15) is 12.2 Å². The number of aromatic amines is 1. The van der Waals surface area contributed by atoms with Gasteiger partial charge in [0.2, 0.25) is 11.5 Å². The van der Waals surface area contributed by atoms with Crippen molar-refractivity contribution in [3.8, 4) is 28.3 Å². The standard InChI is InChI=1S/C25H22FN7O2/c1-14-11-17(12-15(2)28-14)20-21(16-7-5-4-6-8-16)30-24(27)33-22(20)31-32(25(33)34)13-18-9-10-19(26)23(29-18)35-3/h4-12H,13H2,1-3H3,(H2,27,28,30,31)/p+1. The van der Waals surface area contributed by atoms with Gasteiger partial charge in [0, 0.05) is 17.0 Å². The summed E-state index contributed by atoms with van der Waals surface area (Å²) in [7, 11) is 1.34. The maximum Gasteiger partial charge on any atom is 0.428 e. The Kier molecular flexibility index (Phi) is 5.48. The van der Waals surface area contributed by atoms with Crippen LogP contribution in [0.25, 0.3) is 28.0 Å². The van der Waals surface area contributed by atoms with Crippen molar-refractivity contribution in [1.29, 1.82) is 0 Å². The second kappa shape index (κ2) is 8.64. The minimum Gasteiger partial charge on any atom is -0.479 e. The lowest BCUT2D eigenvalue weighted by Crippen LogP contribution is -2.44. The summed E-state index contributed by atoms with van der Waals surface area (Å²) in [4.78, 5) is 26.6. The second-order valence-corrected chi connectivity index (χ2v) is 8.16. The molecule has 3 N–H and O–H groups in total. The molecule has 0 bridgehead atoms. The van der Waals surface area contributed by atoms with Gasteiger partial charge in [-0.3, -0.25) is 4.98 Å². The molecule has 35 heavy (non-hydrogen) atoms. The van der Waals surface area contributed by atoms with E-state index in [1.807, 2.05) is 56.3 Å². The highest BCUT2D eigenvalue weighted by molar-refractivity contribution is 5.88. The molecule has 5 rings (SSSR count). The molecular weight excluding hydrogens is 449 g/mol. The van der Waals surface area contributed by atoms with Crippen molar-refractivity contribution >= 4 is 11.6 Å². The largest absolute Gasteiger partial charge is 0.479 e. The molecule has 176 valence electrons. The number of halogens is 1. The molecule has 9 nitrogen and oxygen atoms in total. The number of fused-ring (bicyclic) bond motifs is 1. The molecule has 1 aromatic carbocycles. The topological polar surface area (TPSA) is 116 Å². The number of H-pyrrole nitrogens is 1. The fourth-order valence-electron chi connectivity index (χ4n) is 4.17. The van der Waals surface area contributed by atoms with Crippen LogP contribution >= 0.6 is 0 Å². The Hall–Kier alpha value is -4.60. The Balaban J connectivity index is 1.78. The molecule has 0 fully saturated rings. The number of methoxy groups -OCH3 is 1. The molecule has 10 heteroatoms. The molecule has 0 amide bonds. The first-order chi connectivity index (χ1) is 16.9. The number of nitrogens with zero attached hydrogens (tertiary/aromatic N) is 5. The molecule has 4 heterocycles. The van der Waals surface area contributed by atoms with E-state index in [1.54, 1.807) is 0 Å². The van der Waals surface area contributed by atoms with Gasteiger partial charge in [-0.1, -0.05) is 30.3 Å². The first-order valence-corrected chi connectivity index (χ1v) is 10.9. The number of rotatable bonds is 5. The maximum atomic E-state index is 13.8. The molecule has 0 atom stereocenters. The van der Waals surface area contributed by atoms with Crippen LogP contribution in [0.15, 0.2) is 59.4 Å². The molecule has 0 aliphatic carbocycles. The molecule has 4 aromatic heterocycles. The zero-order valence-electron chi connectivity index (χ0n) is 19.4. The first kappa shape index (κ1) is 22.2. The van der Waals surface area contributed by atoms with Crippen molar-refractivity contribution < 1.29 is 13.5 Å². The van der Waals surface area contributed by atoms with E-state index in [0.717, 1.165) is 22.5 Å². The quantitative estimate of drug-likeness (QED) is 0.380. The summed E-state index contributed by atoms with van der Waals surface area (Å²) < 4.78 is 21.5. The summed E-state index contributed by atoms with van der Waals surface area (Å²) in [6, 6.07) is 16.2. The van der Waals surface area contributed by atoms with Gasteiger partial charge in [0.15, 0.2) is 5.82 Å². The summed E-state index contributed by atoms with van der Waals surface area (Å²) >= 11 is 0. The van der Waals surface area contributed by atoms with Crippen molar-refractivity contribution in [3.05, 3.63) is 88.0 Å². The molecule has 0 saturated heterocycles. The minimum atomic E-state index is -0.582. The van der Waals surface area contributed by atoms with E-state index in [0.29, 0.717) is 22.6 Å². The number of benzene rings is 1. The van der Waals surface area contributed by atoms with Crippen molar-refractivity contribution in [2.45, 2.75) is 20.4 Å². The molecule has 0 unspecified atom stereocenters. The van der Waals surface area contributed by atoms with E-state index >= 15 is 0 Å². The minimum absolute atomic E-state index is 0.0368. The highest BCUT2D eigenvalue weighted by atomic mass is 19.1. The van der Waals surface area contributed by atoms with E-state index in [9.17, 15) is 9.18 Å². The Morgan fingerprint density at radius 3 is 2.43 bits per heavy atom. The van der Waals surface area contributed by atoms with Crippen LogP contribution in [0.2, 0.25) is 0 Å². The lowest BCUT2D eigenvalue weighted by atomic mass is 9.99. The number of hydrogen-bond acceptors (Lipinski definition) is 6. The van der Waals surface area contributed by atoms with E-state index in [4.69, 9.17) is 10.5 Å². The van der Waals surface area contributed by atoms with E-state index in [2.05, 4.69) is 20.1 Å². The molecule has 5 aromatic rings. The SMILES string of the molecule is COc1nc(Cn2[nH]c3c(-c4cc(C)nc(C)c4)c(-c4ccccc4)nc(N)[n+]3c2=O)ccc1F. The third-order valence-electron chi connectivity index (χ3n) is 5.62. The number of anilines is 1. The van der Waals surface area contributed by atoms with Crippen LogP contribution in [-0.2, 0) is 6.54 Å². The predicted molar refractivity (Wildman–Crippen MR) is 128 cm³/mol. The van der Waals surface area contributed by atoms with Crippen LogP contribution in [0.1, 0.15) is 17.1 Å². The van der Waals surface area contributed by atoms with Gasteiger partial charge in [0.25, 0.3) is 0 Å². The van der Waals surface area contributed by atoms with Crippen LogP contribution in [0.4, 0.5) is 10.3 Å². The summed E-state index contributed by atoms with van der Waals surface area (Å²) in [5.74, 6) is -0.689. The number of nitrogens with two attached hydrogens (primary N) is 1. The zero-order chi connectivity index (χ0) is 24.7. The van der Waals surface area contributed by atoms with Crippen LogP contribution in [0.5, 0.6) is 5.88 Å². The van der Waals surface area contributed by atoms with Gasteiger partial charge in [-0.2, -0.15) is 4.68 Å². The normalized spacial score (nSPS) is 11.2. The molecule has 0 aliphatic rings. The number of ether oxygens (including phenoxy) is 1. The summed E-state index contributed by atoms with van der Waals surface area (Å²) in [6.45, 7) is 3.87. The van der Waals surface area contributed by atoms with Crippen molar-refractivity contribution in [2.75, 3.05) is 12.8 Å². The van der Waals surface area contributed by atoms with E-state index in [-0.39, 0.29) is 18.4 Å². The van der Waals surface area contributed by atoms with E-state index < -0.39 is 11.5 Å². The highest BCUT2D eigenvalue weighted by Crippen LogP contribution is 2.33. The molecular formula is C25H23FN7O2+. The fourth-order valence-corrected chi connectivity index (χ4v) is 4.17. The zero-order valence-corrected chi connectivity index (χ0v) is 19.4. The number of hydrogen-bond donors (Lipinski definition) is 2. The monoisotopic (exact) mass is 472 g/mol. The Morgan fingerprint density at radius 2 is 1.74 bits per heavy atom. The van der Waals surface area contributed by atoms with Crippen LogP contribution < -0.4 is 20.6 Å². The molecule has 0 aliphatic heterocycles. The Bertz CT molecular complexity index is 1610. The molecule has 0 saturated carbocycles. The van der Waals surface area contributed by atoms with Gasteiger partial charge in [-0.05, 0) is 43.7 Å². The number of aromatic nitrogens is 6. The predicted octanol–water partition coefficient (Wildman–Crippen LogP) is 2.83. The maximum absolute atomic E-state index is 13.8. The third kappa shape index (κ3) is 3.99. The van der Waals surface area contributed by atoms with Gasteiger partial charge >= 0.3 is 11.6 Å². The molecule has 0 spiro atoms. The number of nitrogens with one attached hydrogen (secondary N) is 1. The number of aryl methyl sites for hydroxylation is 2. The Morgan fingerprint density at radius 1 is 1.03 bits per heavy atom. The Labute approximate surface area is 199 Å². The third-order valence-corrected chi connectivity index (χ3v) is 5.62. The van der Waals surface area contributed by atoms with Gasteiger partial charge in [-0.25, -0.2) is 19.3 Å². The fraction of sp³-hybridized carbons (Fsp3) is 0.160. The highest BCUT2D eigenvalue weighted by Gasteiger charge is 2.26. The number of pyridine rings is 2. The van der Waals surface area contributed by atoms with Crippen molar-refractivity contribution in [3.63, 3.8) is 0 Å². The van der Waals surface area contributed by atoms with Crippen molar-refractivity contribution in [1.82, 2.24) is 24.7 Å². The summed E-state index contributed by atoms with van der Waals surface area (Å²) in [5, 5.41) is 3.17. The number of nitrogen functional groups attached to an aromatic ring is 1. The van der Waals surface area contributed by atoms with Gasteiger partial charge < -0.3 is 10.5 Å².